The van der Waals surface area contributed by atoms with Gasteiger partial charge in [0.05, 0.1) is 29.9 Å². The van der Waals surface area contributed by atoms with Crippen molar-refractivity contribution in [3.8, 4) is 0 Å². The number of carbonyl (C=O) groups is 2. The van der Waals surface area contributed by atoms with E-state index in [-0.39, 0.29) is 20.1 Å². The summed E-state index contributed by atoms with van der Waals surface area (Å²) in [5.74, 6) is -2.05. The van der Waals surface area contributed by atoms with Crippen LogP contribution in [0.4, 0.5) is 0 Å². The maximum Gasteiger partial charge on any atom is 0.337 e. The molecular formula is C12H11Br4NO5. The first kappa shape index (κ1) is 20.0. The Kier molecular flexibility index (Phi) is 7.03. The molecule has 0 heterocycles. The van der Waals surface area contributed by atoms with Crippen LogP contribution >= 0.6 is 63.7 Å². The van der Waals surface area contributed by atoms with Gasteiger partial charge in [0.25, 0.3) is 5.91 Å². The number of aromatic carboxylic acids is 1. The number of aliphatic hydroxyl groups excluding tert-OH is 2. The molecule has 0 radical (unpaired) electrons. The fourth-order valence-electron chi connectivity index (χ4n) is 1.51. The van der Waals surface area contributed by atoms with Crippen molar-refractivity contribution in [2.75, 3.05) is 13.2 Å². The molecule has 0 fully saturated rings. The third-order valence-electron chi connectivity index (χ3n) is 2.82. The lowest BCUT2D eigenvalue weighted by molar-refractivity contribution is 0.0671. The van der Waals surface area contributed by atoms with E-state index in [0.717, 1.165) is 0 Å². The smallest absolute Gasteiger partial charge is 0.337 e. The summed E-state index contributed by atoms with van der Waals surface area (Å²) in [5.41, 5.74) is -1.67. The highest BCUT2D eigenvalue weighted by Crippen LogP contribution is 2.42. The normalized spacial score (nSPS) is 11.4. The summed E-state index contributed by atoms with van der Waals surface area (Å²) in [6, 6.07) is 0. The number of rotatable bonds is 5. The van der Waals surface area contributed by atoms with Gasteiger partial charge in [-0.2, -0.15) is 0 Å². The van der Waals surface area contributed by atoms with Gasteiger partial charge < -0.3 is 20.6 Å². The number of amides is 1. The Morgan fingerprint density at radius 3 is 1.73 bits per heavy atom. The first-order valence-corrected chi connectivity index (χ1v) is 8.90. The Morgan fingerprint density at radius 2 is 1.36 bits per heavy atom. The predicted molar refractivity (Wildman–Crippen MR) is 94.2 cm³/mol. The van der Waals surface area contributed by atoms with Gasteiger partial charge in [0.2, 0.25) is 0 Å². The summed E-state index contributed by atoms with van der Waals surface area (Å²) >= 11 is 12.8. The van der Waals surface area contributed by atoms with Crippen molar-refractivity contribution in [2.45, 2.75) is 12.5 Å². The second kappa shape index (κ2) is 7.71. The van der Waals surface area contributed by atoms with Gasteiger partial charge in [-0.3, -0.25) is 4.79 Å². The molecule has 0 aliphatic carbocycles. The molecule has 1 aromatic rings. The molecule has 4 N–H and O–H groups in total. The number of hydrogen-bond donors (Lipinski definition) is 4. The molecule has 0 aliphatic rings. The molecule has 0 spiro atoms. The standard InChI is InChI=1S/C12H11Br4NO5/c1-12(2-18,3-19)17-10(20)4-5(11(21)22)7(14)9(16)8(15)6(4)13/h18-19H,2-3H2,1H3,(H,17,20)(H,21,22). The van der Waals surface area contributed by atoms with E-state index in [4.69, 9.17) is 0 Å². The third-order valence-corrected chi connectivity index (χ3v) is 7.59. The largest absolute Gasteiger partial charge is 0.478 e. The number of carboxylic acid groups (broad SMARTS) is 1. The number of benzene rings is 1. The molecule has 122 valence electrons. The third kappa shape index (κ3) is 3.90. The molecule has 1 rings (SSSR count). The molecule has 1 aromatic carbocycles. The molecule has 10 heteroatoms. The summed E-state index contributed by atoms with van der Waals surface area (Å²) < 4.78 is 1.30. The van der Waals surface area contributed by atoms with Gasteiger partial charge in [-0.05, 0) is 70.6 Å². The van der Waals surface area contributed by atoms with Crippen molar-refractivity contribution in [1.82, 2.24) is 5.32 Å². The average Bonchev–Trinajstić information content (AvgIpc) is 2.47. The lowest BCUT2D eigenvalue weighted by Crippen LogP contribution is -2.52. The van der Waals surface area contributed by atoms with Crippen molar-refractivity contribution in [1.29, 1.82) is 0 Å². The van der Waals surface area contributed by atoms with Crippen LogP contribution in [0.1, 0.15) is 27.6 Å². The summed E-state index contributed by atoms with van der Waals surface area (Å²) in [6.07, 6.45) is 0. The predicted octanol–water partition coefficient (Wildman–Crippen LogP) is 2.91. The number of aliphatic hydroxyl groups is 2. The lowest BCUT2D eigenvalue weighted by atomic mass is 10.0. The zero-order valence-electron chi connectivity index (χ0n) is 11.1. The zero-order chi connectivity index (χ0) is 17.2. The number of carbonyl (C=O) groups excluding carboxylic acids is 1. The minimum absolute atomic E-state index is 0.137. The highest BCUT2D eigenvalue weighted by molar-refractivity contribution is 9.15. The van der Waals surface area contributed by atoms with Crippen LogP contribution in [0, 0.1) is 0 Å². The minimum Gasteiger partial charge on any atom is -0.478 e. The van der Waals surface area contributed by atoms with Crippen molar-refractivity contribution < 1.29 is 24.9 Å². The highest BCUT2D eigenvalue weighted by atomic mass is 79.9. The van der Waals surface area contributed by atoms with Crippen LogP contribution in [0.15, 0.2) is 17.9 Å². The van der Waals surface area contributed by atoms with Gasteiger partial charge in [0.15, 0.2) is 0 Å². The maximum atomic E-state index is 12.5. The summed E-state index contributed by atoms with van der Waals surface area (Å²) in [5, 5.41) is 30.3. The summed E-state index contributed by atoms with van der Waals surface area (Å²) in [4.78, 5) is 24.0. The first-order chi connectivity index (χ1) is 10.1. The average molecular weight is 569 g/mol. The van der Waals surface area contributed by atoms with E-state index in [9.17, 15) is 24.9 Å². The van der Waals surface area contributed by atoms with E-state index in [0.29, 0.717) is 8.95 Å². The van der Waals surface area contributed by atoms with Crippen molar-refractivity contribution >= 4 is 75.6 Å². The van der Waals surface area contributed by atoms with Gasteiger partial charge in [-0.25, -0.2) is 4.79 Å². The molecule has 0 unspecified atom stereocenters. The topological polar surface area (TPSA) is 107 Å². The van der Waals surface area contributed by atoms with Crippen LogP contribution < -0.4 is 5.32 Å². The molecule has 0 bridgehead atoms. The number of nitrogens with one attached hydrogen (secondary N) is 1. The minimum atomic E-state index is -1.30. The van der Waals surface area contributed by atoms with Crippen LogP contribution in [0.25, 0.3) is 0 Å². The lowest BCUT2D eigenvalue weighted by Gasteiger charge is -2.27. The van der Waals surface area contributed by atoms with Gasteiger partial charge in [0, 0.05) is 17.9 Å². The highest BCUT2D eigenvalue weighted by Gasteiger charge is 2.32. The molecular weight excluding hydrogens is 558 g/mol. The van der Waals surface area contributed by atoms with Gasteiger partial charge in [-0.15, -0.1) is 0 Å². The molecule has 0 aliphatic heterocycles. The second-order valence-electron chi connectivity index (χ2n) is 4.64. The van der Waals surface area contributed by atoms with E-state index in [1.54, 1.807) is 0 Å². The Bertz CT molecular complexity index is 631. The number of carboxylic acids is 1. The molecule has 22 heavy (non-hydrogen) atoms. The zero-order valence-corrected chi connectivity index (χ0v) is 17.4. The number of halogens is 4. The van der Waals surface area contributed by atoms with Gasteiger partial charge in [-0.1, -0.05) is 0 Å². The maximum absolute atomic E-state index is 12.5. The SMILES string of the molecule is CC(CO)(CO)NC(=O)c1c(Br)c(Br)c(Br)c(Br)c1C(=O)O. The summed E-state index contributed by atoms with van der Waals surface area (Å²) in [6.45, 7) is 0.421. The van der Waals surface area contributed by atoms with E-state index >= 15 is 0 Å². The van der Waals surface area contributed by atoms with Crippen LogP contribution in [0.3, 0.4) is 0 Å². The van der Waals surface area contributed by atoms with Gasteiger partial charge >= 0.3 is 5.97 Å². The summed E-state index contributed by atoms with van der Waals surface area (Å²) in [7, 11) is 0. The van der Waals surface area contributed by atoms with Crippen LogP contribution in [0.2, 0.25) is 0 Å². The molecule has 6 nitrogen and oxygen atoms in total. The van der Waals surface area contributed by atoms with Crippen molar-refractivity contribution in [3.63, 3.8) is 0 Å². The quantitative estimate of drug-likeness (QED) is 0.323. The molecule has 0 atom stereocenters. The Labute approximate surface area is 159 Å². The Balaban J connectivity index is 3.53. The first-order valence-electron chi connectivity index (χ1n) is 5.73. The molecule has 0 aromatic heterocycles. The van der Waals surface area contributed by atoms with Crippen molar-refractivity contribution in [2.24, 2.45) is 0 Å². The fraction of sp³-hybridized carbons (Fsp3) is 0.333. The van der Waals surface area contributed by atoms with E-state index in [1.165, 1.54) is 6.92 Å². The Morgan fingerprint density at radius 1 is 0.955 bits per heavy atom. The second-order valence-corrected chi connectivity index (χ2v) is 7.81. The molecule has 0 saturated heterocycles. The molecule has 1 amide bonds. The van der Waals surface area contributed by atoms with E-state index < -0.39 is 30.6 Å². The number of hydrogen-bond acceptors (Lipinski definition) is 4. The van der Waals surface area contributed by atoms with Crippen molar-refractivity contribution in [3.05, 3.63) is 29.0 Å². The van der Waals surface area contributed by atoms with Gasteiger partial charge in [0.1, 0.15) is 0 Å². The monoisotopic (exact) mass is 565 g/mol. The van der Waals surface area contributed by atoms with Crippen LogP contribution in [-0.4, -0.2) is 45.9 Å². The van der Waals surface area contributed by atoms with E-state index in [2.05, 4.69) is 69.0 Å². The van der Waals surface area contributed by atoms with Crippen LogP contribution in [-0.2, 0) is 0 Å². The Hall–Kier alpha value is -0.000000000000000222. The molecule has 0 saturated carbocycles. The van der Waals surface area contributed by atoms with Crippen LogP contribution in [0.5, 0.6) is 0 Å². The van der Waals surface area contributed by atoms with E-state index in [1.807, 2.05) is 0 Å². The fourth-order valence-corrected chi connectivity index (χ4v) is 3.98.